The number of hydrogen-bond acceptors (Lipinski definition) is 6. The zero-order valence-electron chi connectivity index (χ0n) is 17.1. The third kappa shape index (κ3) is 10.9. The van der Waals surface area contributed by atoms with Crippen molar-refractivity contribution in [1.29, 1.82) is 0 Å². The number of aromatic nitrogens is 1. The summed E-state index contributed by atoms with van der Waals surface area (Å²) < 4.78 is 5.26. The molecule has 0 saturated carbocycles. The van der Waals surface area contributed by atoms with E-state index in [1.54, 1.807) is 14.0 Å². The van der Waals surface area contributed by atoms with Gasteiger partial charge in [-0.2, -0.15) is 0 Å². The van der Waals surface area contributed by atoms with Gasteiger partial charge < -0.3 is 10.1 Å². The minimum absolute atomic E-state index is 0.284. The molecule has 0 aliphatic heterocycles. The molecular weight excluding hydrogens is 394 g/mol. The molecule has 0 bridgehead atoms. The number of carbonyl (C=O) groups excluding carboxylic acids is 1. The van der Waals surface area contributed by atoms with Crippen LogP contribution in [0.4, 0.5) is 5.13 Å². The molecule has 0 aliphatic rings. The van der Waals surface area contributed by atoms with Gasteiger partial charge in [0, 0.05) is 7.05 Å². The van der Waals surface area contributed by atoms with Crippen molar-refractivity contribution in [3.63, 3.8) is 0 Å². The average Bonchev–Trinajstić information content (AvgIpc) is 3.18. The van der Waals surface area contributed by atoms with Gasteiger partial charge in [-0.15, -0.1) is 13.2 Å². The Bertz CT molecular complexity index is 1050. The highest BCUT2D eigenvalue weighted by Crippen LogP contribution is 2.23. The molecule has 0 unspecified atom stereocenters. The van der Waals surface area contributed by atoms with E-state index >= 15 is 0 Å². The lowest BCUT2D eigenvalue weighted by atomic mass is 10.2. The van der Waals surface area contributed by atoms with Gasteiger partial charge in [0.15, 0.2) is 5.13 Å². The molecule has 6 heteroatoms. The summed E-state index contributed by atoms with van der Waals surface area (Å²) >= 11 is 1.31. The van der Waals surface area contributed by atoms with Crippen LogP contribution < -0.4 is 5.32 Å². The van der Waals surface area contributed by atoms with Crippen LogP contribution in [0.2, 0.25) is 0 Å². The Balaban J connectivity index is 0.000000600. The van der Waals surface area contributed by atoms with E-state index < -0.39 is 0 Å². The third-order valence-electron chi connectivity index (χ3n) is 2.91. The summed E-state index contributed by atoms with van der Waals surface area (Å²) in [5.74, 6) is -0.324. The summed E-state index contributed by atoms with van der Waals surface area (Å²) in [6.45, 7) is 14.6. The molecule has 0 amide bonds. The van der Waals surface area contributed by atoms with Gasteiger partial charge in [0.25, 0.3) is 0 Å². The molecule has 30 heavy (non-hydrogen) atoms. The molecule has 2 rings (SSSR count). The van der Waals surface area contributed by atoms with Crippen molar-refractivity contribution < 1.29 is 9.53 Å². The maximum atomic E-state index is 11.9. The summed E-state index contributed by atoms with van der Waals surface area (Å²) in [4.78, 5) is 20.0. The van der Waals surface area contributed by atoms with Gasteiger partial charge in [-0.3, -0.25) is 4.99 Å². The summed E-state index contributed by atoms with van der Waals surface area (Å²) in [5, 5.41) is 3.64. The highest BCUT2D eigenvalue weighted by molar-refractivity contribution is 7.17. The minimum Gasteiger partial charge on any atom is -0.457 e. The maximum absolute atomic E-state index is 11.9. The lowest BCUT2D eigenvalue weighted by molar-refractivity contribution is 0.0477. The predicted octanol–water partition coefficient (Wildman–Crippen LogP) is 5.41. The van der Waals surface area contributed by atoms with E-state index in [2.05, 4.69) is 76.1 Å². The van der Waals surface area contributed by atoms with Crippen molar-refractivity contribution in [3.05, 3.63) is 107 Å². The lowest BCUT2D eigenvalue weighted by Crippen LogP contribution is -2.04. The Morgan fingerprint density at radius 3 is 2.47 bits per heavy atom. The number of carbonyl (C=O) groups is 1. The second-order valence-corrected chi connectivity index (χ2v) is 5.88. The number of aryl methyl sites for hydroxylation is 1. The number of esters is 1. The van der Waals surface area contributed by atoms with Crippen LogP contribution in [0.3, 0.4) is 0 Å². The number of thiazole rings is 1. The van der Waals surface area contributed by atoms with E-state index in [4.69, 9.17) is 4.74 Å². The zero-order valence-corrected chi connectivity index (χ0v) is 17.9. The SMILES string of the molecule is C=C.C=C=C=C=C=C=C=CN=C.CNc1nc(C)c(C(=O)OCc2ccccc2)s1. The van der Waals surface area contributed by atoms with Gasteiger partial charge in [0.1, 0.15) is 11.5 Å². The van der Waals surface area contributed by atoms with Gasteiger partial charge in [-0.25, -0.2) is 9.78 Å². The van der Waals surface area contributed by atoms with Crippen LogP contribution in [0.25, 0.3) is 0 Å². The van der Waals surface area contributed by atoms with Gasteiger partial charge in [0.2, 0.25) is 0 Å². The Kier molecular flexibility index (Phi) is 14.8. The number of nitrogens with one attached hydrogen (secondary N) is 1. The molecule has 0 saturated heterocycles. The largest absolute Gasteiger partial charge is 0.457 e. The number of benzene rings is 1. The quantitative estimate of drug-likeness (QED) is 0.306. The second-order valence-electron chi connectivity index (χ2n) is 4.88. The van der Waals surface area contributed by atoms with E-state index in [1.807, 2.05) is 30.3 Å². The fourth-order valence-electron chi connectivity index (χ4n) is 1.70. The maximum Gasteiger partial charge on any atom is 0.350 e. The van der Waals surface area contributed by atoms with Crippen LogP contribution in [0.1, 0.15) is 20.9 Å². The van der Waals surface area contributed by atoms with Crippen LogP contribution in [-0.4, -0.2) is 24.7 Å². The molecule has 1 aromatic carbocycles. The second kappa shape index (κ2) is 17.1. The lowest BCUT2D eigenvalue weighted by Gasteiger charge is -2.03. The summed E-state index contributed by atoms with van der Waals surface area (Å²) in [6.07, 6.45) is 1.37. The average molecular weight is 418 g/mol. The number of ether oxygens (including phenoxy) is 1. The molecule has 1 aromatic heterocycles. The van der Waals surface area contributed by atoms with Gasteiger partial charge in [0.05, 0.1) is 11.9 Å². The summed E-state index contributed by atoms with van der Waals surface area (Å²) in [6, 6.07) is 9.61. The Labute approximate surface area is 181 Å². The van der Waals surface area contributed by atoms with Crippen molar-refractivity contribution in [1.82, 2.24) is 4.98 Å². The first kappa shape index (κ1) is 26.0. The third-order valence-corrected chi connectivity index (χ3v) is 4.07. The first-order valence-corrected chi connectivity index (χ1v) is 9.35. The van der Waals surface area contributed by atoms with Crippen molar-refractivity contribution in [3.8, 4) is 0 Å². The van der Waals surface area contributed by atoms with Crippen LogP contribution >= 0.6 is 11.3 Å². The van der Waals surface area contributed by atoms with Gasteiger partial charge in [-0.1, -0.05) is 47.4 Å². The first-order valence-electron chi connectivity index (χ1n) is 8.53. The highest BCUT2D eigenvalue weighted by Gasteiger charge is 2.16. The summed E-state index contributed by atoms with van der Waals surface area (Å²) in [5.41, 5.74) is 16.4. The van der Waals surface area contributed by atoms with Crippen molar-refractivity contribution in [2.75, 3.05) is 12.4 Å². The molecule has 0 fully saturated rings. The Morgan fingerprint density at radius 2 is 1.90 bits per heavy atom. The molecule has 0 atom stereocenters. The molecule has 0 radical (unpaired) electrons. The molecule has 2 aromatic rings. The molecule has 152 valence electrons. The van der Waals surface area contributed by atoms with Crippen LogP contribution in [0, 0.1) is 6.92 Å². The van der Waals surface area contributed by atoms with Gasteiger partial charge in [-0.05, 0) is 54.4 Å². The number of aliphatic imine (C=N–C) groups is 1. The van der Waals surface area contributed by atoms with E-state index in [1.165, 1.54) is 17.5 Å². The van der Waals surface area contributed by atoms with Crippen molar-refractivity contribution in [2.45, 2.75) is 13.5 Å². The first-order chi connectivity index (χ1) is 14.6. The highest BCUT2D eigenvalue weighted by atomic mass is 32.1. The fourth-order valence-corrected chi connectivity index (χ4v) is 2.52. The number of hydrogen-bond donors (Lipinski definition) is 1. The molecule has 1 N–H and O–H groups in total. The number of anilines is 1. The number of rotatable bonds is 5. The topological polar surface area (TPSA) is 63.6 Å². The monoisotopic (exact) mass is 417 g/mol. The standard InChI is InChI=1S/C13H14N2O2S.C9H5N.C2H4/c1-9-11(18-13(14-2)15-9)12(16)17-8-10-6-4-3-5-7-10;1-3-4-5-6-7-8-9-10-2;1-2/h3-7H,8H2,1-2H3,(H,14,15);9H,1-2H2;1-2H2. The Morgan fingerprint density at radius 1 is 1.23 bits per heavy atom. The van der Waals surface area contributed by atoms with E-state index in [0.717, 1.165) is 10.7 Å². The normalized spacial score (nSPS) is 7.67. The summed E-state index contributed by atoms with van der Waals surface area (Å²) in [7, 11) is 1.78. The van der Waals surface area contributed by atoms with Gasteiger partial charge >= 0.3 is 5.97 Å². The van der Waals surface area contributed by atoms with E-state index in [9.17, 15) is 4.79 Å². The zero-order chi connectivity index (χ0) is 22.6. The number of nitrogens with zero attached hydrogens (tertiary/aromatic N) is 2. The van der Waals surface area contributed by atoms with Crippen LogP contribution in [0.5, 0.6) is 0 Å². The van der Waals surface area contributed by atoms with E-state index in [-0.39, 0.29) is 12.6 Å². The van der Waals surface area contributed by atoms with Crippen LogP contribution in [0.15, 0.2) is 95.6 Å². The smallest absolute Gasteiger partial charge is 0.350 e. The van der Waals surface area contributed by atoms with E-state index in [0.29, 0.717) is 10.6 Å². The predicted molar refractivity (Wildman–Crippen MR) is 124 cm³/mol. The van der Waals surface area contributed by atoms with Crippen molar-refractivity contribution >= 4 is 29.2 Å². The van der Waals surface area contributed by atoms with Crippen LogP contribution in [-0.2, 0) is 11.3 Å². The van der Waals surface area contributed by atoms with Crippen molar-refractivity contribution in [2.24, 2.45) is 4.99 Å². The fraction of sp³-hybridized carbons (Fsp3) is 0.125. The molecule has 0 aliphatic carbocycles. The molecule has 1 heterocycles. The Hall–Kier alpha value is -4.05. The molecule has 0 spiro atoms. The minimum atomic E-state index is -0.324. The molecular formula is C24H23N3O2S. The molecule has 5 nitrogen and oxygen atoms in total.